The molecule has 0 aliphatic carbocycles. The summed E-state index contributed by atoms with van der Waals surface area (Å²) in [5.74, 6) is -0.707. The van der Waals surface area contributed by atoms with E-state index in [0.29, 0.717) is 6.54 Å². The Balaban J connectivity index is 3.68. The summed E-state index contributed by atoms with van der Waals surface area (Å²) in [5.41, 5.74) is 0. The van der Waals surface area contributed by atoms with Gasteiger partial charge in [-0.1, -0.05) is 90.4 Å². The lowest BCUT2D eigenvalue weighted by atomic mass is 10.0. The van der Waals surface area contributed by atoms with E-state index in [9.17, 15) is 25.2 Å². The number of carbonyl (C=O) groups excluding carboxylic acids is 1. The molecule has 0 heterocycles. The van der Waals surface area contributed by atoms with Crippen LogP contribution in [0.25, 0.3) is 0 Å². The Morgan fingerprint density at radius 3 is 1.50 bits per heavy atom. The Bertz CT molecular complexity index is 409. The van der Waals surface area contributed by atoms with Crippen molar-refractivity contribution in [2.45, 2.75) is 121 Å². The fraction of sp³-hybridized carbons (Fsp3) is 0.957. The van der Waals surface area contributed by atoms with Crippen LogP contribution in [-0.2, 0) is 4.79 Å². The minimum atomic E-state index is -1.85. The first kappa shape index (κ1) is 29.3. The average molecular weight is 434 g/mol. The van der Waals surface area contributed by atoms with Gasteiger partial charge in [0.05, 0.1) is 6.61 Å². The second kappa shape index (κ2) is 19.0. The van der Waals surface area contributed by atoms with Gasteiger partial charge in [-0.2, -0.15) is 0 Å². The van der Waals surface area contributed by atoms with E-state index in [-0.39, 0.29) is 0 Å². The van der Waals surface area contributed by atoms with Gasteiger partial charge in [-0.3, -0.25) is 4.79 Å². The molecule has 0 bridgehead atoms. The highest BCUT2D eigenvalue weighted by molar-refractivity contribution is 5.81. The van der Waals surface area contributed by atoms with Gasteiger partial charge in [-0.15, -0.1) is 0 Å². The lowest BCUT2D eigenvalue weighted by molar-refractivity contribution is -0.157. The molecule has 0 spiro atoms. The molecular weight excluding hydrogens is 386 g/mol. The van der Waals surface area contributed by atoms with E-state index in [2.05, 4.69) is 6.92 Å². The molecule has 1 amide bonds. The number of amides is 1. The maximum absolute atomic E-state index is 12.1. The Labute approximate surface area is 183 Å². The predicted octanol–water partition coefficient (Wildman–Crippen LogP) is 2.36. The van der Waals surface area contributed by atoms with Crippen LogP contribution >= 0.6 is 0 Å². The summed E-state index contributed by atoms with van der Waals surface area (Å²) < 4.78 is 0. The average Bonchev–Trinajstić information content (AvgIpc) is 2.76. The van der Waals surface area contributed by atoms with Crippen molar-refractivity contribution in [1.82, 2.24) is 4.90 Å². The first-order chi connectivity index (χ1) is 14.4. The van der Waals surface area contributed by atoms with E-state index in [1.54, 1.807) is 0 Å². The zero-order valence-electron chi connectivity index (χ0n) is 19.2. The maximum atomic E-state index is 12.1. The largest absolute Gasteiger partial charge is 0.394 e. The van der Waals surface area contributed by atoms with Crippen LogP contribution in [0.15, 0.2) is 0 Å². The highest BCUT2D eigenvalue weighted by atomic mass is 16.4. The number of nitrogens with zero attached hydrogens (tertiary/aromatic N) is 1. The molecule has 0 aromatic rings. The van der Waals surface area contributed by atoms with E-state index in [0.717, 1.165) is 19.3 Å². The van der Waals surface area contributed by atoms with E-state index in [1.165, 1.54) is 82.6 Å². The number of hydrogen-bond donors (Lipinski definition) is 5. The van der Waals surface area contributed by atoms with Crippen molar-refractivity contribution >= 4 is 5.91 Å². The second-order valence-electron chi connectivity index (χ2n) is 8.53. The molecule has 0 aliphatic rings. The van der Waals surface area contributed by atoms with Gasteiger partial charge in [0.1, 0.15) is 18.3 Å². The van der Waals surface area contributed by atoms with Crippen LogP contribution in [0.4, 0.5) is 0 Å². The molecule has 0 aromatic carbocycles. The van der Waals surface area contributed by atoms with Gasteiger partial charge < -0.3 is 30.4 Å². The highest BCUT2D eigenvalue weighted by Crippen LogP contribution is 2.13. The van der Waals surface area contributed by atoms with Crippen LogP contribution in [0.1, 0.15) is 96.8 Å². The summed E-state index contributed by atoms with van der Waals surface area (Å²) in [7, 11) is 1.54. The van der Waals surface area contributed by atoms with E-state index >= 15 is 0 Å². The zero-order chi connectivity index (χ0) is 22.8. The summed E-state index contributed by atoms with van der Waals surface area (Å²) in [6, 6.07) is 0. The number of rotatable bonds is 20. The smallest absolute Gasteiger partial charge is 0.253 e. The number of aliphatic hydroxyl groups excluding tert-OH is 5. The number of hydrogen-bond acceptors (Lipinski definition) is 6. The van der Waals surface area contributed by atoms with E-state index in [4.69, 9.17) is 5.11 Å². The molecule has 0 rings (SSSR count). The standard InChI is InChI=1S/C23H47NO6/c1-3-4-5-6-7-8-9-10-11-12-13-14-15-16-17-24(2)23(30)22(29)21(28)20(27)19(26)18-25/h19-22,25-29H,3-18H2,1-2H3/t19-,20-,21+,22-/m1/s1. The number of aliphatic hydroxyl groups is 5. The molecule has 5 N–H and O–H groups in total. The Hall–Kier alpha value is -0.730. The van der Waals surface area contributed by atoms with Crippen LogP contribution in [0.3, 0.4) is 0 Å². The molecule has 0 aromatic heterocycles. The van der Waals surface area contributed by atoms with Crippen LogP contribution in [-0.4, -0.2) is 81.0 Å². The third-order valence-corrected chi connectivity index (χ3v) is 5.73. The monoisotopic (exact) mass is 433 g/mol. The van der Waals surface area contributed by atoms with Gasteiger partial charge in [0.25, 0.3) is 5.91 Å². The molecule has 0 saturated heterocycles. The van der Waals surface area contributed by atoms with Crippen molar-refractivity contribution in [2.24, 2.45) is 0 Å². The Kier molecular flexibility index (Phi) is 18.5. The predicted molar refractivity (Wildman–Crippen MR) is 119 cm³/mol. The third-order valence-electron chi connectivity index (χ3n) is 5.73. The first-order valence-electron chi connectivity index (χ1n) is 11.9. The van der Waals surface area contributed by atoms with Gasteiger partial charge in [0, 0.05) is 13.6 Å². The number of carbonyl (C=O) groups is 1. The van der Waals surface area contributed by atoms with E-state index in [1.807, 2.05) is 0 Å². The van der Waals surface area contributed by atoms with Gasteiger partial charge in [0.2, 0.25) is 0 Å². The van der Waals surface area contributed by atoms with Crippen molar-refractivity contribution in [2.75, 3.05) is 20.2 Å². The minimum Gasteiger partial charge on any atom is -0.394 e. The normalized spacial score (nSPS) is 15.6. The molecular formula is C23H47NO6. The molecule has 7 nitrogen and oxygen atoms in total. The van der Waals surface area contributed by atoms with Crippen molar-refractivity contribution in [3.63, 3.8) is 0 Å². The summed E-state index contributed by atoms with van der Waals surface area (Å²) >= 11 is 0. The fourth-order valence-electron chi connectivity index (χ4n) is 3.55. The fourth-order valence-corrected chi connectivity index (χ4v) is 3.55. The SMILES string of the molecule is CCCCCCCCCCCCCCCCN(C)C(=O)[C@H](O)[C@@H](O)[C@H](O)[C@H](O)CO. The van der Waals surface area contributed by atoms with Crippen LogP contribution < -0.4 is 0 Å². The summed E-state index contributed by atoms with van der Waals surface area (Å²) in [5, 5.41) is 47.4. The van der Waals surface area contributed by atoms with Gasteiger partial charge in [-0.25, -0.2) is 0 Å². The lowest BCUT2D eigenvalue weighted by Gasteiger charge is -2.28. The minimum absolute atomic E-state index is 0.458. The van der Waals surface area contributed by atoms with Gasteiger partial charge in [0.15, 0.2) is 6.10 Å². The van der Waals surface area contributed by atoms with Crippen LogP contribution in [0, 0.1) is 0 Å². The molecule has 30 heavy (non-hydrogen) atoms. The number of unbranched alkanes of at least 4 members (excludes halogenated alkanes) is 13. The maximum Gasteiger partial charge on any atom is 0.253 e. The number of likely N-dealkylation sites (N-methyl/N-ethyl adjacent to an activating group) is 1. The molecule has 0 aliphatic heterocycles. The third kappa shape index (κ3) is 13.5. The topological polar surface area (TPSA) is 121 Å². The quantitative estimate of drug-likeness (QED) is 0.188. The van der Waals surface area contributed by atoms with Crippen molar-refractivity contribution < 1.29 is 30.3 Å². The summed E-state index contributed by atoms with van der Waals surface area (Å²) in [6.45, 7) is 1.93. The highest BCUT2D eigenvalue weighted by Gasteiger charge is 2.35. The van der Waals surface area contributed by atoms with Crippen molar-refractivity contribution in [3.05, 3.63) is 0 Å². The van der Waals surface area contributed by atoms with Gasteiger partial charge >= 0.3 is 0 Å². The van der Waals surface area contributed by atoms with E-state index < -0.39 is 36.9 Å². The summed E-state index contributed by atoms with van der Waals surface area (Å²) in [4.78, 5) is 13.5. The first-order valence-corrected chi connectivity index (χ1v) is 11.9. The van der Waals surface area contributed by atoms with Gasteiger partial charge in [-0.05, 0) is 6.42 Å². The molecule has 0 radical (unpaired) electrons. The molecule has 0 fully saturated rings. The van der Waals surface area contributed by atoms with Crippen molar-refractivity contribution in [3.8, 4) is 0 Å². The molecule has 0 unspecified atom stereocenters. The molecule has 7 heteroatoms. The van der Waals surface area contributed by atoms with Crippen LogP contribution in [0.5, 0.6) is 0 Å². The molecule has 180 valence electrons. The molecule has 4 atom stereocenters. The van der Waals surface area contributed by atoms with Crippen LogP contribution in [0.2, 0.25) is 0 Å². The molecule has 0 saturated carbocycles. The second-order valence-corrected chi connectivity index (χ2v) is 8.53. The van der Waals surface area contributed by atoms with Crippen molar-refractivity contribution in [1.29, 1.82) is 0 Å². The Morgan fingerprint density at radius 2 is 1.10 bits per heavy atom. The summed E-state index contributed by atoms with van der Waals surface area (Å²) in [6.07, 6.45) is 10.4. The Morgan fingerprint density at radius 1 is 0.700 bits per heavy atom. The lowest BCUT2D eigenvalue weighted by Crippen LogP contribution is -2.52. The zero-order valence-corrected chi connectivity index (χ0v) is 19.2.